The molecule has 0 aliphatic rings. The SMILES string of the molecule is COc1ccc(-c2ncc3ccccc3n2)nc1Oc1ccccc1. The second kappa shape index (κ2) is 6.57. The molecule has 2 aromatic heterocycles. The molecule has 4 rings (SSSR count). The van der Waals surface area contributed by atoms with Crippen LogP contribution in [0.2, 0.25) is 0 Å². The summed E-state index contributed by atoms with van der Waals surface area (Å²) in [5.74, 6) is 2.15. The van der Waals surface area contributed by atoms with E-state index in [2.05, 4.69) is 15.0 Å². The van der Waals surface area contributed by atoms with Gasteiger partial charge in [0, 0.05) is 11.6 Å². The van der Waals surface area contributed by atoms with Gasteiger partial charge in [-0.1, -0.05) is 36.4 Å². The number of hydrogen-bond donors (Lipinski definition) is 0. The smallest absolute Gasteiger partial charge is 0.263 e. The van der Waals surface area contributed by atoms with Crippen molar-refractivity contribution >= 4 is 10.9 Å². The molecule has 0 amide bonds. The van der Waals surface area contributed by atoms with Crippen LogP contribution >= 0.6 is 0 Å². The summed E-state index contributed by atoms with van der Waals surface area (Å²) >= 11 is 0. The van der Waals surface area contributed by atoms with E-state index in [1.807, 2.05) is 60.7 Å². The highest BCUT2D eigenvalue weighted by Crippen LogP contribution is 2.31. The van der Waals surface area contributed by atoms with Gasteiger partial charge in [0.2, 0.25) is 0 Å². The molecule has 0 atom stereocenters. The summed E-state index contributed by atoms with van der Waals surface area (Å²) in [5.41, 5.74) is 1.49. The Morgan fingerprint density at radius 2 is 1.60 bits per heavy atom. The van der Waals surface area contributed by atoms with E-state index >= 15 is 0 Å². The quantitative estimate of drug-likeness (QED) is 0.552. The van der Waals surface area contributed by atoms with E-state index in [9.17, 15) is 0 Å². The molecule has 25 heavy (non-hydrogen) atoms. The molecular weight excluding hydrogens is 314 g/mol. The lowest BCUT2D eigenvalue weighted by atomic mass is 10.2. The molecule has 0 bridgehead atoms. The molecule has 2 heterocycles. The van der Waals surface area contributed by atoms with Gasteiger partial charge in [0.1, 0.15) is 11.4 Å². The Kier molecular flexibility index (Phi) is 3.96. The Morgan fingerprint density at radius 3 is 2.44 bits per heavy atom. The first-order chi connectivity index (χ1) is 12.3. The lowest BCUT2D eigenvalue weighted by Crippen LogP contribution is -1.97. The van der Waals surface area contributed by atoms with Crippen molar-refractivity contribution in [2.45, 2.75) is 0 Å². The summed E-state index contributed by atoms with van der Waals surface area (Å²) in [6, 6.07) is 20.9. The van der Waals surface area contributed by atoms with Gasteiger partial charge in [0.15, 0.2) is 11.6 Å². The normalized spacial score (nSPS) is 10.6. The van der Waals surface area contributed by atoms with Crippen LogP contribution in [0.4, 0.5) is 0 Å². The Labute approximate surface area is 144 Å². The number of rotatable bonds is 4. The van der Waals surface area contributed by atoms with Crippen LogP contribution in [-0.4, -0.2) is 22.1 Å². The van der Waals surface area contributed by atoms with E-state index in [0.717, 1.165) is 10.9 Å². The minimum Gasteiger partial charge on any atom is -0.491 e. The van der Waals surface area contributed by atoms with Crippen LogP contribution in [0.3, 0.4) is 0 Å². The van der Waals surface area contributed by atoms with Gasteiger partial charge in [-0.25, -0.2) is 15.0 Å². The number of para-hydroxylation sites is 2. The molecule has 122 valence electrons. The van der Waals surface area contributed by atoms with Crippen molar-refractivity contribution in [3.63, 3.8) is 0 Å². The molecule has 0 fully saturated rings. The van der Waals surface area contributed by atoms with Gasteiger partial charge in [0.05, 0.1) is 12.6 Å². The van der Waals surface area contributed by atoms with E-state index in [1.165, 1.54) is 0 Å². The Hall–Kier alpha value is -3.47. The largest absolute Gasteiger partial charge is 0.491 e. The van der Waals surface area contributed by atoms with Gasteiger partial charge in [-0.15, -0.1) is 0 Å². The second-order valence-electron chi connectivity index (χ2n) is 5.37. The first-order valence-corrected chi connectivity index (χ1v) is 7.83. The van der Waals surface area contributed by atoms with Crippen LogP contribution in [0.25, 0.3) is 22.4 Å². The van der Waals surface area contributed by atoms with Crippen molar-refractivity contribution in [1.29, 1.82) is 0 Å². The average Bonchev–Trinajstić information content (AvgIpc) is 2.68. The summed E-state index contributed by atoms with van der Waals surface area (Å²) in [4.78, 5) is 13.5. The molecule has 0 radical (unpaired) electrons. The zero-order valence-corrected chi connectivity index (χ0v) is 13.6. The lowest BCUT2D eigenvalue weighted by molar-refractivity contribution is 0.370. The number of nitrogens with zero attached hydrogens (tertiary/aromatic N) is 3. The van der Waals surface area contributed by atoms with Gasteiger partial charge >= 0.3 is 0 Å². The molecule has 2 aromatic carbocycles. The fraction of sp³-hybridized carbons (Fsp3) is 0.0500. The molecule has 0 aliphatic heterocycles. The van der Waals surface area contributed by atoms with Gasteiger partial charge in [-0.2, -0.15) is 0 Å². The average molecular weight is 329 g/mol. The first-order valence-electron chi connectivity index (χ1n) is 7.83. The third-order valence-corrected chi connectivity index (χ3v) is 3.72. The number of fused-ring (bicyclic) bond motifs is 1. The lowest BCUT2D eigenvalue weighted by Gasteiger charge is -2.10. The standard InChI is InChI=1S/C20H15N3O2/c1-24-18-12-11-17(23-20(18)25-15-8-3-2-4-9-15)19-21-13-14-7-5-6-10-16(14)22-19/h2-13H,1H3. The fourth-order valence-corrected chi connectivity index (χ4v) is 2.48. The van der Waals surface area contributed by atoms with Crippen molar-refractivity contribution in [2.75, 3.05) is 7.11 Å². The number of pyridine rings is 1. The Bertz CT molecular complexity index is 1020. The molecule has 0 N–H and O–H groups in total. The predicted octanol–water partition coefficient (Wildman–Crippen LogP) is 4.49. The first kappa shape index (κ1) is 15.1. The topological polar surface area (TPSA) is 57.1 Å². The highest BCUT2D eigenvalue weighted by Gasteiger charge is 2.12. The van der Waals surface area contributed by atoms with Crippen LogP contribution in [0.5, 0.6) is 17.4 Å². The molecule has 5 nitrogen and oxygen atoms in total. The van der Waals surface area contributed by atoms with Crippen molar-refractivity contribution in [3.05, 3.63) is 72.9 Å². The Balaban J connectivity index is 1.75. The number of aromatic nitrogens is 3. The maximum absolute atomic E-state index is 5.86. The summed E-state index contributed by atoms with van der Waals surface area (Å²) in [7, 11) is 1.58. The van der Waals surface area contributed by atoms with E-state index in [4.69, 9.17) is 9.47 Å². The van der Waals surface area contributed by atoms with E-state index < -0.39 is 0 Å². The Morgan fingerprint density at radius 1 is 0.800 bits per heavy atom. The summed E-state index contributed by atoms with van der Waals surface area (Å²) < 4.78 is 11.2. The van der Waals surface area contributed by atoms with Gasteiger partial charge in [-0.3, -0.25) is 0 Å². The third-order valence-electron chi connectivity index (χ3n) is 3.72. The molecule has 0 aliphatic carbocycles. The minimum atomic E-state index is 0.378. The number of methoxy groups -OCH3 is 1. The zero-order chi connectivity index (χ0) is 17.1. The molecule has 5 heteroatoms. The van der Waals surface area contributed by atoms with Crippen molar-refractivity contribution in [2.24, 2.45) is 0 Å². The van der Waals surface area contributed by atoms with Crippen molar-refractivity contribution in [1.82, 2.24) is 15.0 Å². The highest BCUT2D eigenvalue weighted by atomic mass is 16.5. The van der Waals surface area contributed by atoms with Crippen LogP contribution in [0, 0.1) is 0 Å². The van der Waals surface area contributed by atoms with Gasteiger partial charge in [0.25, 0.3) is 5.88 Å². The van der Waals surface area contributed by atoms with Crippen molar-refractivity contribution < 1.29 is 9.47 Å². The zero-order valence-electron chi connectivity index (χ0n) is 13.6. The predicted molar refractivity (Wildman–Crippen MR) is 95.8 cm³/mol. The second-order valence-corrected chi connectivity index (χ2v) is 5.37. The summed E-state index contributed by atoms with van der Waals surface area (Å²) in [6.07, 6.45) is 1.79. The van der Waals surface area contributed by atoms with Crippen LogP contribution in [0.1, 0.15) is 0 Å². The van der Waals surface area contributed by atoms with Crippen LogP contribution in [0.15, 0.2) is 72.9 Å². The van der Waals surface area contributed by atoms with Gasteiger partial charge < -0.3 is 9.47 Å². The van der Waals surface area contributed by atoms with Crippen molar-refractivity contribution in [3.8, 4) is 28.9 Å². The number of benzene rings is 2. The maximum Gasteiger partial charge on any atom is 0.263 e. The molecule has 0 unspecified atom stereocenters. The molecule has 4 aromatic rings. The monoisotopic (exact) mass is 329 g/mol. The summed E-state index contributed by atoms with van der Waals surface area (Å²) in [6.45, 7) is 0. The maximum atomic E-state index is 5.86. The molecule has 0 spiro atoms. The minimum absolute atomic E-state index is 0.378. The highest BCUT2D eigenvalue weighted by molar-refractivity contribution is 5.79. The van der Waals surface area contributed by atoms with Crippen LogP contribution in [-0.2, 0) is 0 Å². The van der Waals surface area contributed by atoms with E-state index in [0.29, 0.717) is 28.9 Å². The summed E-state index contributed by atoms with van der Waals surface area (Å²) in [5, 5.41) is 0.987. The van der Waals surface area contributed by atoms with Gasteiger partial charge in [-0.05, 0) is 30.3 Å². The number of hydrogen-bond acceptors (Lipinski definition) is 5. The third kappa shape index (κ3) is 3.12. The van der Waals surface area contributed by atoms with E-state index in [-0.39, 0.29) is 0 Å². The van der Waals surface area contributed by atoms with E-state index in [1.54, 1.807) is 19.4 Å². The molecule has 0 saturated carbocycles. The molecular formula is C20H15N3O2. The number of ether oxygens (including phenoxy) is 2. The fourth-order valence-electron chi connectivity index (χ4n) is 2.48. The molecule has 0 saturated heterocycles. The van der Waals surface area contributed by atoms with Crippen LogP contribution < -0.4 is 9.47 Å².